The van der Waals surface area contributed by atoms with E-state index in [4.69, 9.17) is 40.5 Å². The van der Waals surface area contributed by atoms with Crippen LogP contribution in [-0.4, -0.2) is 6.54 Å². The van der Waals surface area contributed by atoms with Crippen LogP contribution in [0.3, 0.4) is 0 Å². The van der Waals surface area contributed by atoms with Gasteiger partial charge in [0, 0.05) is 32.9 Å². The van der Waals surface area contributed by atoms with Crippen LogP contribution in [0.2, 0.25) is 15.1 Å². The standard InChI is InChI=1S/C15H15Cl3N2/c1-9-5-6-10(7-13(9)18)20-14(8-19)15-11(16)3-2-4-12(15)17/h2-7,14,20H,8,19H2,1H3. The molecule has 2 aromatic rings. The van der Waals surface area contributed by atoms with Gasteiger partial charge in [-0.15, -0.1) is 0 Å². The lowest BCUT2D eigenvalue weighted by atomic mass is 10.1. The first-order valence-electron chi connectivity index (χ1n) is 6.19. The molecule has 0 aliphatic carbocycles. The fraction of sp³-hybridized carbons (Fsp3) is 0.200. The Morgan fingerprint density at radius 1 is 1.05 bits per heavy atom. The first-order chi connectivity index (χ1) is 9.52. The van der Waals surface area contributed by atoms with Crippen LogP contribution in [0.4, 0.5) is 5.69 Å². The summed E-state index contributed by atoms with van der Waals surface area (Å²) in [5.74, 6) is 0. The number of benzene rings is 2. The molecule has 0 saturated carbocycles. The molecule has 0 aromatic heterocycles. The first kappa shape index (κ1) is 15.5. The average Bonchev–Trinajstić information content (AvgIpc) is 2.41. The number of nitrogens with one attached hydrogen (secondary N) is 1. The summed E-state index contributed by atoms with van der Waals surface area (Å²) in [6.45, 7) is 2.33. The SMILES string of the molecule is Cc1ccc(NC(CN)c2c(Cl)cccc2Cl)cc1Cl. The van der Waals surface area contributed by atoms with Crippen molar-refractivity contribution in [3.05, 3.63) is 62.6 Å². The van der Waals surface area contributed by atoms with Gasteiger partial charge in [0.15, 0.2) is 0 Å². The fourth-order valence-corrected chi connectivity index (χ4v) is 2.82. The molecule has 106 valence electrons. The quantitative estimate of drug-likeness (QED) is 0.822. The molecule has 20 heavy (non-hydrogen) atoms. The molecule has 0 amide bonds. The maximum absolute atomic E-state index is 6.22. The zero-order valence-electron chi connectivity index (χ0n) is 11.0. The molecular formula is C15H15Cl3N2. The maximum atomic E-state index is 6.22. The monoisotopic (exact) mass is 328 g/mol. The summed E-state index contributed by atoms with van der Waals surface area (Å²) in [7, 11) is 0. The third-order valence-corrected chi connectivity index (χ3v) is 4.16. The highest BCUT2D eigenvalue weighted by molar-refractivity contribution is 6.36. The maximum Gasteiger partial charge on any atom is 0.0665 e. The molecule has 0 spiro atoms. The summed E-state index contributed by atoms with van der Waals surface area (Å²) >= 11 is 18.6. The Morgan fingerprint density at radius 2 is 1.70 bits per heavy atom. The molecule has 0 aliphatic heterocycles. The van der Waals surface area contributed by atoms with Crippen molar-refractivity contribution in [2.75, 3.05) is 11.9 Å². The van der Waals surface area contributed by atoms with Gasteiger partial charge in [0.05, 0.1) is 6.04 Å². The van der Waals surface area contributed by atoms with Crippen molar-refractivity contribution in [2.24, 2.45) is 5.73 Å². The molecule has 0 radical (unpaired) electrons. The third kappa shape index (κ3) is 3.39. The Labute approximate surface area is 133 Å². The smallest absolute Gasteiger partial charge is 0.0665 e. The van der Waals surface area contributed by atoms with Crippen molar-refractivity contribution in [1.29, 1.82) is 0 Å². The van der Waals surface area contributed by atoms with Crippen LogP contribution in [0.15, 0.2) is 36.4 Å². The Balaban J connectivity index is 2.31. The number of hydrogen-bond acceptors (Lipinski definition) is 2. The van der Waals surface area contributed by atoms with Crippen LogP contribution in [-0.2, 0) is 0 Å². The lowest BCUT2D eigenvalue weighted by Gasteiger charge is -2.21. The van der Waals surface area contributed by atoms with Gasteiger partial charge < -0.3 is 11.1 Å². The predicted octanol–water partition coefficient (Wildman–Crippen LogP) is 5.07. The van der Waals surface area contributed by atoms with Crippen molar-refractivity contribution < 1.29 is 0 Å². The van der Waals surface area contributed by atoms with Gasteiger partial charge in [0.1, 0.15) is 0 Å². The highest BCUT2D eigenvalue weighted by Gasteiger charge is 2.16. The van der Waals surface area contributed by atoms with E-state index < -0.39 is 0 Å². The number of aryl methyl sites for hydroxylation is 1. The van der Waals surface area contributed by atoms with Crippen molar-refractivity contribution in [3.63, 3.8) is 0 Å². The van der Waals surface area contributed by atoms with Crippen LogP contribution in [0.25, 0.3) is 0 Å². The topological polar surface area (TPSA) is 38.0 Å². The van der Waals surface area contributed by atoms with Crippen LogP contribution in [0.1, 0.15) is 17.2 Å². The minimum Gasteiger partial charge on any atom is -0.377 e. The van der Waals surface area contributed by atoms with E-state index in [9.17, 15) is 0 Å². The van der Waals surface area contributed by atoms with Crippen molar-refractivity contribution in [3.8, 4) is 0 Å². The van der Waals surface area contributed by atoms with Gasteiger partial charge in [-0.3, -0.25) is 0 Å². The summed E-state index contributed by atoms with van der Waals surface area (Å²) in [5.41, 5.74) is 8.55. The Morgan fingerprint density at radius 3 is 2.25 bits per heavy atom. The fourth-order valence-electron chi connectivity index (χ4n) is 1.98. The molecule has 3 N–H and O–H groups in total. The van der Waals surface area contributed by atoms with Gasteiger partial charge in [0.2, 0.25) is 0 Å². The number of halogens is 3. The Hall–Kier alpha value is -0.930. The summed E-state index contributed by atoms with van der Waals surface area (Å²) in [5, 5.41) is 5.21. The van der Waals surface area contributed by atoms with Gasteiger partial charge in [-0.1, -0.05) is 46.9 Å². The lowest BCUT2D eigenvalue weighted by Crippen LogP contribution is -2.21. The molecule has 0 heterocycles. The van der Waals surface area contributed by atoms with E-state index in [1.807, 2.05) is 31.2 Å². The lowest BCUT2D eigenvalue weighted by molar-refractivity contribution is 0.790. The summed E-state index contributed by atoms with van der Waals surface area (Å²) < 4.78 is 0. The third-order valence-electron chi connectivity index (χ3n) is 3.10. The summed E-state index contributed by atoms with van der Waals surface area (Å²) in [6, 6.07) is 11.0. The van der Waals surface area contributed by atoms with Crippen LogP contribution in [0, 0.1) is 6.92 Å². The van der Waals surface area contributed by atoms with Gasteiger partial charge in [0.25, 0.3) is 0 Å². The van der Waals surface area contributed by atoms with E-state index in [0.717, 1.165) is 16.8 Å². The molecule has 1 atom stereocenters. The zero-order chi connectivity index (χ0) is 14.7. The van der Waals surface area contributed by atoms with E-state index in [2.05, 4.69) is 5.32 Å². The molecule has 0 fully saturated rings. The minimum atomic E-state index is -0.171. The molecule has 5 heteroatoms. The molecule has 0 saturated heterocycles. The van der Waals surface area contributed by atoms with Gasteiger partial charge in [-0.25, -0.2) is 0 Å². The number of anilines is 1. The molecule has 2 rings (SSSR count). The highest BCUT2D eigenvalue weighted by atomic mass is 35.5. The van der Waals surface area contributed by atoms with Crippen LogP contribution in [0.5, 0.6) is 0 Å². The number of rotatable bonds is 4. The Kier molecular flexibility index (Phi) is 5.17. The summed E-state index contributed by atoms with van der Waals surface area (Å²) in [6.07, 6.45) is 0. The second-order valence-corrected chi connectivity index (χ2v) is 5.75. The van der Waals surface area contributed by atoms with Gasteiger partial charge in [-0.05, 0) is 36.8 Å². The van der Waals surface area contributed by atoms with Gasteiger partial charge in [-0.2, -0.15) is 0 Å². The van der Waals surface area contributed by atoms with E-state index in [-0.39, 0.29) is 6.04 Å². The molecule has 2 nitrogen and oxygen atoms in total. The van der Waals surface area contributed by atoms with Crippen molar-refractivity contribution >= 4 is 40.5 Å². The van der Waals surface area contributed by atoms with E-state index in [1.165, 1.54) is 0 Å². The molecule has 0 bridgehead atoms. The second-order valence-electron chi connectivity index (χ2n) is 4.53. The van der Waals surface area contributed by atoms with E-state index in [0.29, 0.717) is 21.6 Å². The van der Waals surface area contributed by atoms with Crippen molar-refractivity contribution in [1.82, 2.24) is 0 Å². The first-order valence-corrected chi connectivity index (χ1v) is 7.33. The normalized spacial score (nSPS) is 12.2. The predicted molar refractivity (Wildman–Crippen MR) is 88.1 cm³/mol. The molecule has 2 aromatic carbocycles. The average molecular weight is 330 g/mol. The van der Waals surface area contributed by atoms with Gasteiger partial charge >= 0.3 is 0 Å². The highest BCUT2D eigenvalue weighted by Crippen LogP contribution is 2.32. The second kappa shape index (κ2) is 6.68. The Bertz CT molecular complexity index is 594. The summed E-state index contributed by atoms with van der Waals surface area (Å²) in [4.78, 5) is 0. The van der Waals surface area contributed by atoms with Crippen LogP contribution < -0.4 is 11.1 Å². The minimum absolute atomic E-state index is 0.171. The number of nitrogens with two attached hydrogens (primary N) is 1. The molecule has 0 aliphatic rings. The van der Waals surface area contributed by atoms with Crippen LogP contribution >= 0.6 is 34.8 Å². The zero-order valence-corrected chi connectivity index (χ0v) is 13.2. The number of hydrogen-bond donors (Lipinski definition) is 2. The van der Waals surface area contributed by atoms with E-state index >= 15 is 0 Å². The van der Waals surface area contributed by atoms with Crippen molar-refractivity contribution in [2.45, 2.75) is 13.0 Å². The largest absolute Gasteiger partial charge is 0.377 e. The van der Waals surface area contributed by atoms with E-state index in [1.54, 1.807) is 12.1 Å². The molecule has 1 unspecified atom stereocenters. The molecular weight excluding hydrogens is 315 g/mol.